The van der Waals surface area contributed by atoms with Gasteiger partial charge >= 0.3 is 0 Å². The fraction of sp³-hybridized carbons (Fsp3) is 0.929. The van der Waals surface area contributed by atoms with Gasteiger partial charge in [0.05, 0.1) is 6.54 Å². The molecule has 2 N–H and O–H groups in total. The molecule has 3 heteroatoms. The number of nitrogens with one attached hydrogen (secondary N) is 2. The minimum absolute atomic E-state index is 0.112. The summed E-state index contributed by atoms with van der Waals surface area (Å²) in [4.78, 5) is 11.5. The fourth-order valence-corrected chi connectivity index (χ4v) is 1.66. The number of hydrogen-bond donors (Lipinski definition) is 2. The van der Waals surface area contributed by atoms with E-state index in [2.05, 4.69) is 45.3 Å². The quantitative estimate of drug-likeness (QED) is 0.652. The predicted octanol–water partition coefficient (Wildman–Crippen LogP) is 2.56. The van der Waals surface area contributed by atoms with Gasteiger partial charge in [-0.2, -0.15) is 0 Å². The summed E-state index contributed by atoms with van der Waals surface area (Å²) in [7, 11) is 0. The first-order valence-electron chi connectivity index (χ1n) is 6.99. The van der Waals surface area contributed by atoms with Crippen molar-refractivity contribution in [3.05, 3.63) is 0 Å². The molecule has 0 aliphatic rings. The van der Waals surface area contributed by atoms with Gasteiger partial charge in [0.1, 0.15) is 0 Å². The minimum atomic E-state index is 0.112. The van der Waals surface area contributed by atoms with Crippen LogP contribution in [-0.2, 0) is 4.79 Å². The van der Waals surface area contributed by atoms with E-state index in [0.29, 0.717) is 18.5 Å². The van der Waals surface area contributed by atoms with Crippen LogP contribution in [0.3, 0.4) is 0 Å². The van der Waals surface area contributed by atoms with E-state index in [-0.39, 0.29) is 5.91 Å². The van der Waals surface area contributed by atoms with Crippen LogP contribution in [0.1, 0.15) is 53.9 Å². The van der Waals surface area contributed by atoms with Crippen molar-refractivity contribution in [2.75, 3.05) is 13.1 Å². The van der Waals surface area contributed by atoms with E-state index < -0.39 is 0 Å². The third-order valence-corrected chi connectivity index (χ3v) is 3.14. The lowest BCUT2D eigenvalue weighted by Gasteiger charge is -2.20. The highest BCUT2D eigenvalue weighted by molar-refractivity contribution is 5.77. The van der Waals surface area contributed by atoms with Gasteiger partial charge in [-0.1, -0.05) is 41.0 Å². The van der Waals surface area contributed by atoms with Gasteiger partial charge in [-0.05, 0) is 24.7 Å². The lowest BCUT2D eigenvalue weighted by Crippen LogP contribution is -2.40. The second-order valence-electron chi connectivity index (χ2n) is 5.43. The summed E-state index contributed by atoms with van der Waals surface area (Å²) in [5.74, 6) is 1.36. The Bertz CT molecular complexity index is 204. The molecule has 0 fully saturated rings. The lowest BCUT2D eigenvalue weighted by molar-refractivity contribution is -0.120. The molecular weight excluding hydrogens is 212 g/mol. The molecule has 0 heterocycles. The second kappa shape index (κ2) is 9.46. The van der Waals surface area contributed by atoms with Crippen molar-refractivity contribution in [1.82, 2.24) is 10.6 Å². The smallest absolute Gasteiger partial charge is 0.233 e. The number of amides is 1. The molecule has 0 aliphatic carbocycles. The molecule has 0 aromatic rings. The molecule has 3 nitrogen and oxygen atoms in total. The molecule has 17 heavy (non-hydrogen) atoms. The molecule has 0 aromatic carbocycles. The van der Waals surface area contributed by atoms with Gasteiger partial charge in [0.15, 0.2) is 0 Å². The SMILES string of the molecule is CCC(C)CC(CC)NCC(=O)NCC(C)C. The first-order valence-corrected chi connectivity index (χ1v) is 6.99. The van der Waals surface area contributed by atoms with E-state index in [1.54, 1.807) is 0 Å². The fourth-order valence-electron chi connectivity index (χ4n) is 1.66. The van der Waals surface area contributed by atoms with Gasteiger partial charge in [-0.3, -0.25) is 4.79 Å². The second-order valence-corrected chi connectivity index (χ2v) is 5.43. The van der Waals surface area contributed by atoms with Crippen molar-refractivity contribution < 1.29 is 4.79 Å². The van der Waals surface area contributed by atoms with Crippen molar-refractivity contribution in [2.45, 2.75) is 59.9 Å². The molecule has 2 unspecified atom stereocenters. The maximum Gasteiger partial charge on any atom is 0.233 e. The summed E-state index contributed by atoms with van der Waals surface area (Å²) >= 11 is 0. The number of carbonyl (C=O) groups is 1. The Morgan fingerprint density at radius 1 is 1.12 bits per heavy atom. The molecular formula is C14H30N2O. The highest BCUT2D eigenvalue weighted by Crippen LogP contribution is 2.11. The van der Waals surface area contributed by atoms with Crippen LogP contribution in [0.2, 0.25) is 0 Å². The van der Waals surface area contributed by atoms with E-state index in [0.717, 1.165) is 25.3 Å². The third-order valence-electron chi connectivity index (χ3n) is 3.14. The average molecular weight is 242 g/mol. The summed E-state index contributed by atoms with van der Waals surface area (Å²) in [6.07, 6.45) is 3.45. The Morgan fingerprint density at radius 2 is 1.76 bits per heavy atom. The zero-order chi connectivity index (χ0) is 13.3. The summed E-state index contributed by atoms with van der Waals surface area (Å²) in [6.45, 7) is 12.1. The molecule has 0 aromatic heterocycles. The van der Waals surface area contributed by atoms with Crippen molar-refractivity contribution in [3.63, 3.8) is 0 Å². The van der Waals surface area contributed by atoms with E-state index in [1.165, 1.54) is 6.42 Å². The Morgan fingerprint density at radius 3 is 2.24 bits per heavy atom. The largest absolute Gasteiger partial charge is 0.355 e. The zero-order valence-electron chi connectivity index (χ0n) is 12.2. The number of rotatable bonds is 9. The van der Waals surface area contributed by atoms with Crippen LogP contribution in [0.15, 0.2) is 0 Å². The first-order chi connectivity index (χ1) is 7.99. The molecule has 0 saturated heterocycles. The predicted molar refractivity (Wildman–Crippen MR) is 74.0 cm³/mol. The lowest BCUT2D eigenvalue weighted by atomic mass is 9.98. The van der Waals surface area contributed by atoms with Crippen LogP contribution in [0, 0.1) is 11.8 Å². The van der Waals surface area contributed by atoms with E-state index >= 15 is 0 Å². The minimum Gasteiger partial charge on any atom is -0.355 e. The highest BCUT2D eigenvalue weighted by Gasteiger charge is 2.11. The van der Waals surface area contributed by atoms with E-state index in [1.807, 2.05) is 0 Å². The standard InChI is InChI=1S/C14H30N2O/c1-6-12(5)8-13(7-2)15-10-14(17)16-9-11(3)4/h11-13,15H,6-10H2,1-5H3,(H,16,17). The van der Waals surface area contributed by atoms with Crippen LogP contribution in [0.4, 0.5) is 0 Å². The Balaban J connectivity index is 3.78. The molecule has 0 spiro atoms. The van der Waals surface area contributed by atoms with Gasteiger partial charge in [0.2, 0.25) is 5.91 Å². The molecule has 0 saturated carbocycles. The van der Waals surface area contributed by atoms with Gasteiger partial charge in [0, 0.05) is 12.6 Å². The summed E-state index contributed by atoms with van der Waals surface area (Å²) in [5, 5.41) is 6.27. The van der Waals surface area contributed by atoms with Gasteiger partial charge in [-0.15, -0.1) is 0 Å². The average Bonchev–Trinajstić information content (AvgIpc) is 2.31. The Kier molecular flexibility index (Phi) is 9.14. The van der Waals surface area contributed by atoms with E-state index in [4.69, 9.17) is 0 Å². The highest BCUT2D eigenvalue weighted by atomic mass is 16.1. The number of carbonyl (C=O) groups excluding carboxylic acids is 1. The zero-order valence-corrected chi connectivity index (χ0v) is 12.2. The first kappa shape index (κ1) is 16.4. The van der Waals surface area contributed by atoms with Crippen molar-refractivity contribution in [1.29, 1.82) is 0 Å². The van der Waals surface area contributed by atoms with E-state index in [9.17, 15) is 4.79 Å². The van der Waals surface area contributed by atoms with Crippen molar-refractivity contribution in [3.8, 4) is 0 Å². The normalized spacial score (nSPS) is 14.7. The van der Waals surface area contributed by atoms with Crippen molar-refractivity contribution in [2.24, 2.45) is 11.8 Å². The molecule has 0 aliphatic heterocycles. The third kappa shape index (κ3) is 9.16. The molecule has 0 radical (unpaired) electrons. The van der Waals surface area contributed by atoms with Crippen LogP contribution in [-0.4, -0.2) is 25.0 Å². The summed E-state index contributed by atoms with van der Waals surface area (Å²) < 4.78 is 0. The van der Waals surface area contributed by atoms with Gasteiger partial charge in [0.25, 0.3) is 0 Å². The topological polar surface area (TPSA) is 41.1 Å². The van der Waals surface area contributed by atoms with Gasteiger partial charge < -0.3 is 10.6 Å². The molecule has 102 valence electrons. The molecule has 0 rings (SSSR count). The molecule has 0 bridgehead atoms. The summed E-state index contributed by atoms with van der Waals surface area (Å²) in [5.41, 5.74) is 0. The molecule has 1 amide bonds. The maximum atomic E-state index is 11.5. The van der Waals surface area contributed by atoms with Crippen molar-refractivity contribution >= 4 is 5.91 Å². The van der Waals surface area contributed by atoms with Crippen LogP contribution in [0.5, 0.6) is 0 Å². The molecule has 2 atom stereocenters. The van der Waals surface area contributed by atoms with Crippen LogP contribution in [0.25, 0.3) is 0 Å². The summed E-state index contributed by atoms with van der Waals surface area (Å²) in [6, 6.07) is 0.467. The number of hydrogen-bond acceptors (Lipinski definition) is 2. The Hall–Kier alpha value is -0.570. The Labute approximate surface area is 107 Å². The maximum absolute atomic E-state index is 11.5. The van der Waals surface area contributed by atoms with Crippen LogP contribution < -0.4 is 10.6 Å². The monoisotopic (exact) mass is 242 g/mol. The van der Waals surface area contributed by atoms with Gasteiger partial charge in [-0.25, -0.2) is 0 Å². The van der Waals surface area contributed by atoms with Crippen LogP contribution >= 0.6 is 0 Å².